The van der Waals surface area contributed by atoms with Crippen LogP contribution >= 0.6 is 11.6 Å². The molecule has 2 aromatic carbocycles. The molecule has 0 aliphatic carbocycles. The molecule has 100 valence electrons. The fraction of sp³-hybridized carbons (Fsp3) is 0.200. The fourth-order valence-corrected chi connectivity index (χ4v) is 2.38. The number of rotatable bonds is 3. The number of benzene rings is 2. The quantitative estimate of drug-likeness (QED) is 0.664. The molecule has 2 rings (SSSR count). The van der Waals surface area contributed by atoms with Gasteiger partial charge < -0.3 is 0 Å². The van der Waals surface area contributed by atoms with Crippen LogP contribution in [0, 0.1) is 19.7 Å². The Bertz CT molecular complexity index is 547. The fourth-order valence-electron chi connectivity index (χ4n) is 2.15. The van der Waals surface area contributed by atoms with E-state index in [0.29, 0.717) is 10.6 Å². The smallest absolute Gasteiger partial charge is 0.123 e. The van der Waals surface area contributed by atoms with Crippen molar-refractivity contribution in [2.45, 2.75) is 19.9 Å². The number of aryl methyl sites for hydroxylation is 2. The Kier molecular flexibility index (Phi) is 4.20. The summed E-state index contributed by atoms with van der Waals surface area (Å²) < 4.78 is 13.4. The predicted molar refractivity (Wildman–Crippen MR) is 76.5 cm³/mol. The lowest BCUT2D eigenvalue weighted by Crippen LogP contribution is -2.29. The third kappa shape index (κ3) is 2.95. The molecule has 1 unspecified atom stereocenters. The molecule has 0 aliphatic heterocycles. The maximum absolute atomic E-state index is 13.4. The molecule has 0 spiro atoms. The second-order valence-corrected chi connectivity index (χ2v) is 5.03. The third-order valence-corrected chi connectivity index (χ3v) is 3.53. The van der Waals surface area contributed by atoms with Gasteiger partial charge in [0.25, 0.3) is 0 Å². The molecule has 4 heteroatoms. The first-order chi connectivity index (χ1) is 9.02. The Labute approximate surface area is 117 Å². The highest BCUT2D eigenvalue weighted by Crippen LogP contribution is 2.30. The molecule has 0 fully saturated rings. The largest absolute Gasteiger partial charge is 0.271 e. The van der Waals surface area contributed by atoms with Crippen LogP contribution in [0.3, 0.4) is 0 Å². The van der Waals surface area contributed by atoms with E-state index in [1.165, 1.54) is 12.1 Å². The summed E-state index contributed by atoms with van der Waals surface area (Å²) in [6, 6.07) is 10.0. The summed E-state index contributed by atoms with van der Waals surface area (Å²) in [6.07, 6.45) is 0. The topological polar surface area (TPSA) is 38.0 Å². The molecule has 2 nitrogen and oxygen atoms in total. The monoisotopic (exact) mass is 278 g/mol. The van der Waals surface area contributed by atoms with Gasteiger partial charge in [-0.1, -0.05) is 35.4 Å². The van der Waals surface area contributed by atoms with Gasteiger partial charge in [-0.2, -0.15) is 0 Å². The van der Waals surface area contributed by atoms with Gasteiger partial charge in [0.05, 0.1) is 6.04 Å². The SMILES string of the molecule is Cc1ccc(C)c(C(NN)c2cc(F)ccc2Cl)c1. The normalized spacial score (nSPS) is 12.5. The Morgan fingerprint density at radius 2 is 1.84 bits per heavy atom. The summed E-state index contributed by atoms with van der Waals surface area (Å²) in [7, 11) is 0. The van der Waals surface area contributed by atoms with Crippen LogP contribution in [-0.2, 0) is 0 Å². The van der Waals surface area contributed by atoms with Crippen LogP contribution in [0.1, 0.15) is 28.3 Å². The first-order valence-corrected chi connectivity index (χ1v) is 6.39. The van der Waals surface area contributed by atoms with Crippen molar-refractivity contribution in [1.29, 1.82) is 0 Å². The molecule has 3 N–H and O–H groups in total. The van der Waals surface area contributed by atoms with Crippen molar-refractivity contribution in [3.63, 3.8) is 0 Å². The van der Waals surface area contributed by atoms with E-state index in [9.17, 15) is 4.39 Å². The van der Waals surface area contributed by atoms with Gasteiger partial charge in [-0.05, 0) is 48.7 Å². The van der Waals surface area contributed by atoms with E-state index < -0.39 is 0 Å². The van der Waals surface area contributed by atoms with Gasteiger partial charge in [0.1, 0.15) is 5.82 Å². The molecular formula is C15H16ClFN2. The van der Waals surface area contributed by atoms with Crippen molar-refractivity contribution in [3.05, 3.63) is 69.5 Å². The Balaban J connectivity index is 2.55. The summed E-state index contributed by atoms with van der Waals surface area (Å²) >= 11 is 6.15. The molecule has 1 atom stereocenters. The molecule has 0 aromatic heterocycles. The van der Waals surface area contributed by atoms with Gasteiger partial charge in [0.2, 0.25) is 0 Å². The number of hydrogen-bond acceptors (Lipinski definition) is 2. The Morgan fingerprint density at radius 1 is 1.11 bits per heavy atom. The average molecular weight is 279 g/mol. The molecular weight excluding hydrogens is 263 g/mol. The van der Waals surface area contributed by atoms with Gasteiger partial charge >= 0.3 is 0 Å². The maximum atomic E-state index is 13.4. The average Bonchev–Trinajstić information content (AvgIpc) is 2.38. The van der Waals surface area contributed by atoms with E-state index in [4.69, 9.17) is 17.4 Å². The summed E-state index contributed by atoms with van der Waals surface area (Å²) in [6.45, 7) is 4.00. The number of nitrogens with one attached hydrogen (secondary N) is 1. The highest BCUT2D eigenvalue weighted by Gasteiger charge is 2.18. The van der Waals surface area contributed by atoms with Crippen LogP contribution in [0.15, 0.2) is 36.4 Å². The summed E-state index contributed by atoms with van der Waals surface area (Å²) in [5.41, 5.74) is 6.55. The van der Waals surface area contributed by atoms with Crippen LogP contribution in [0.2, 0.25) is 5.02 Å². The van der Waals surface area contributed by atoms with E-state index in [2.05, 4.69) is 5.43 Å². The highest BCUT2D eigenvalue weighted by molar-refractivity contribution is 6.31. The zero-order valence-electron chi connectivity index (χ0n) is 10.9. The minimum atomic E-state index is -0.330. The van der Waals surface area contributed by atoms with Gasteiger partial charge in [-0.15, -0.1) is 0 Å². The van der Waals surface area contributed by atoms with Crippen molar-refractivity contribution in [1.82, 2.24) is 5.43 Å². The molecule has 0 heterocycles. The first kappa shape index (κ1) is 14.0. The Morgan fingerprint density at radius 3 is 2.53 bits per heavy atom. The number of halogens is 2. The maximum Gasteiger partial charge on any atom is 0.123 e. The molecule has 0 saturated carbocycles. The lowest BCUT2D eigenvalue weighted by atomic mass is 9.94. The minimum absolute atomic E-state index is 0.329. The second kappa shape index (κ2) is 5.70. The predicted octanol–water partition coefficient (Wildman–Crippen LogP) is 3.65. The second-order valence-electron chi connectivity index (χ2n) is 4.63. The van der Waals surface area contributed by atoms with Gasteiger partial charge in [-0.25, -0.2) is 9.82 Å². The van der Waals surface area contributed by atoms with Crippen LogP contribution in [0.4, 0.5) is 4.39 Å². The van der Waals surface area contributed by atoms with Crippen LogP contribution < -0.4 is 11.3 Å². The Hall–Kier alpha value is -1.42. The highest BCUT2D eigenvalue weighted by atomic mass is 35.5. The molecule has 19 heavy (non-hydrogen) atoms. The van der Waals surface area contributed by atoms with Crippen LogP contribution in [0.5, 0.6) is 0 Å². The summed E-state index contributed by atoms with van der Waals surface area (Å²) in [4.78, 5) is 0. The van der Waals surface area contributed by atoms with Crippen LogP contribution in [-0.4, -0.2) is 0 Å². The van der Waals surface area contributed by atoms with Crippen molar-refractivity contribution in [2.75, 3.05) is 0 Å². The van der Waals surface area contributed by atoms with E-state index in [-0.39, 0.29) is 11.9 Å². The lowest BCUT2D eigenvalue weighted by Gasteiger charge is -2.21. The third-order valence-electron chi connectivity index (χ3n) is 3.18. The standard InChI is InChI=1S/C15H16ClFN2/c1-9-3-4-10(2)12(7-9)15(19-18)13-8-11(17)5-6-14(13)16/h3-8,15,19H,18H2,1-2H3. The van der Waals surface area contributed by atoms with Gasteiger partial charge in [0.15, 0.2) is 0 Å². The molecule has 0 aliphatic rings. The van der Waals surface area contributed by atoms with E-state index in [0.717, 1.165) is 16.7 Å². The van der Waals surface area contributed by atoms with Crippen molar-refractivity contribution in [3.8, 4) is 0 Å². The number of hydrogen-bond donors (Lipinski definition) is 2. The molecule has 0 bridgehead atoms. The van der Waals surface area contributed by atoms with Crippen LogP contribution in [0.25, 0.3) is 0 Å². The molecule has 0 saturated heterocycles. The van der Waals surface area contributed by atoms with Crippen molar-refractivity contribution < 1.29 is 4.39 Å². The number of hydrazine groups is 1. The zero-order valence-corrected chi connectivity index (χ0v) is 11.6. The van der Waals surface area contributed by atoms with Gasteiger partial charge in [0, 0.05) is 5.02 Å². The first-order valence-electron chi connectivity index (χ1n) is 6.01. The lowest BCUT2D eigenvalue weighted by molar-refractivity contribution is 0.604. The minimum Gasteiger partial charge on any atom is -0.271 e. The summed E-state index contributed by atoms with van der Waals surface area (Å²) in [5.74, 6) is 5.31. The molecule has 2 aromatic rings. The van der Waals surface area contributed by atoms with Crippen molar-refractivity contribution in [2.24, 2.45) is 5.84 Å². The van der Waals surface area contributed by atoms with Crippen molar-refractivity contribution >= 4 is 11.6 Å². The number of nitrogens with two attached hydrogens (primary N) is 1. The summed E-state index contributed by atoms with van der Waals surface area (Å²) in [5, 5.41) is 0.491. The van der Waals surface area contributed by atoms with Gasteiger partial charge in [-0.3, -0.25) is 5.84 Å². The van der Waals surface area contributed by atoms with E-state index in [1.54, 1.807) is 6.07 Å². The molecule has 0 amide bonds. The van der Waals surface area contributed by atoms with E-state index >= 15 is 0 Å². The zero-order chi connectivity index (χ0) is 14.0. The molecule has 0 radical (unpaired) electrons. The van der Waals surface area contributed by atoms with E-state index in [1.807, 2.05) is 32.0 Å².